The lowest BCUT2D eigenvalue weighted by Gasteiger charge is -2.48. The van der Waals surface area contributed by atoms with E-state index < -0.39 is 91.9 Å². The predicted octanol–water partition coefficient (Wildman–Crippen LogP) is -3.86. The molecule has 0 saturated carbocycles. The van der Waals surface area contributed by atoms with Crippen molar-refractivity contribution in [1.29, 1.82) is 0 Å². The fourth-order valence-electron chi connectivity index (χ4n) is 3.95. The van der Waals surface area contributed by atoms with Crippen molar-refractivity contribution in [3.8, 4) is 0 Å². The van der Waals surface area contributed by atoms with E-state index in [4.69, 9.17) is 25.8 Å². The number of rotatable bonds is 9. The van der Waals surface area contributed by atoms with Crippen molar-refractivity contribution in [1.82, 2.24) is 10.6 Å². The minimum Gasteiger partial charge on any atom is -0.394 e. The summed E-state index contributed by atoms with van der Waals surface area (Å²) < 4.78 is 17.0. The molecule has 13 nitrogen and oxygen atoms in total. The number of amides is 2. The quantitative estimate of drug-likeness (QED) is 0.153. The average Bonchev–Trinajstić information content (AvgIpc) is 2.76. The number of carbonyl (C=O) groups excluding carboxylic acids is 3. The first-order valence-corrected chi connectivity index (χ1v) is 10.9. The topological polar surface area (TPSA) is 204 Å². The highest BCUT2D eigenvalue weighted by atomic mass is 35.5. The number of hydrogen-bond acceptors (Lipinski definition) is 11. The molecule has 0 aromatic heterocycles. The van der Waals surface area contributed by atoms with Crippen molar-refractivity contribution in [2.75, 3.05) is 19.1 Å². The van der Waals surface area contributed by atoms with Crippen LogP contribution in [0.3, 0.4) is 0 Å². The van der Waals surface area contributed by atoms with Crippen LogP contribution in [-0.4, -0.2) is 123 Å². The molecule has 2 heterocycles. The van der Waals surface area contributed by atoms with Gasteiger partial charge in [-0.3, -0.25) is 14.4 Å². The zero-order chi connectivity index (χ0) is 24.9. The van der Waals surface area contributed by atoms with E-state index in [9.17, 15) is 39.9 Å². The first kappa shape index (κ1) is 27.8. The van der Waals surface area contributed by atoms with E-state index in [0.29, 0.717) is 0 Å². The van der Waals surface area contributed by atoms with Gasteiger partial charge in [-0.25, -0.2) is 0 Å². The number of aliphatic hydroxyl groups excluding tert-OH is 5. The third kappa shape index (κ3) is 6.81. The second-order valence-electron chi connectivity index (χ2n) is 8.02. The molecule has 0 aliphatic carbocycles. The van der Waals surface area contributed by atoms with Gasteiger partial charge in [0, 0.05) is 20.3 Å². The Morgan fingerprint density at radius 2 is 1.42 bits per heavy atom. The Morgan fingerprint density at radius 1 is 0.848 bits per heavy atom. The van der Waals surface area contributed by atoms with Crippen LogP contribution in [0.2, 0.25) is 0 Å². The Balaban J connectivity index is 2.32. The minimum absolute atomic E-state index is 0.249. The monoisotopic (exact) mass is 498 g/mol. The smallest absolute Gasteiger partial charge is 0.217 e. The van der Waals surface area contributed by atoms with Crippen LogP contribution < -0.4 is 10.6 Å². The van der Waals surface area contributed by atoms with Crippen molar-refractivity contribution in [2.24, 2.45) is 0 Å². The van der Waals surface area contributed by atoms with Crippen LogP contribution in [-0.2, 0) is 28.6 Å². The number of aliphatic hydroxyl groups is 5. The fourth-order valence-corrected chi connectivity index (χ4v) is 4.06. The van der Waals surface area contributed by atoms with Gasteiger partial charge >= 0.3 is 0 Å². The van der Waals surface area contributed by atoms with Gasteiger partial charge in [-0.05, 0) is 0 Å². The summed E-state index contributed by atoms with van der Waals surface area (Å²) in [5.74, 6) is -1.84. The summed E-state index contributed by atoms with van der Waals surface area (Å²) in [5.41, 5.74) is 0. The summed E-state index contributed by atoms with van der Waals surface area (Å²) in [6.07, 6.45) is -11.3. The lowest BCUT2D eigenvalue weighted by atomic mass is 9.89. The van der Waals surface area contributed by atoms with Gasteiger partial charge in [-0.2, -0.15) is 0 Å². The molecule has 10 atom stereocenters. The molecule has 0 bridgehead atoms. The van der Waals surface area contributed by atoms with Gasteiger partial charge in [-0.15, -0.1) is 11.6 Å². The van der Waals surface area contributed by atoms with E-state index in [1.54, 1.807) is 0 Å². The lowest BCUT2D eigenvalue weighted by Crippen LogP contribution is -2.69. The molecule has 7 N–H and O–H groups in total. The second-order valence-corrected chi connectivity index (χ2v) is 8.29. The van der Waals surface area contributed by atoms with Crippen LogP contribution in [0, 0.1) is 0 Å². The largest absolute Gasteiger partial charge is 0.394 e. The van der Waals surface area contributed by atoms with Gasteiger partial charge in [-0.1, -0.05) is 0 Å². The standard InChI is InChI=1S/C19H31ClN2O11/c1-7(25)21-13-10(3-9(27)4-20)31-12(6-24)18(17(13)30)33-19-14(22-8(2)26)16(29)15(28)11(5-23)32-19/h10-19,23-24,28-30H,3-6H2,1-2H3,(H,21,25)(H,22,26)/t10-,11+,12+,13-,14+,15+,16+,17+,18+,19-/m0/s1. The number of ketones is 1. The molecule has 2 fully saturated rings. The summed E-state index contributed by atoms with van der Waals surface area (Å²) in [6, 6.07) is -2.43. The molecular weight excluding hydrogens is 468 g/mol. The Labute approximate surface area is 194 Å². The third-order valence-corrected chi connectivity index (χ3v) is 5.79. The molecular formula is C19H31ClN2O11. The number of alkyl halides is 1. The predicted molar refractivity (Wildman–Crippen MR) is 110 cm³/mol. The Kier molecular flexibility index (Phi) is 10.4. The van der Waals surface area contributed by atoms with Crippen molar-refractivity contribution in [3.63, 3.8) is 0 Å². The van der Waals surface area contributed by atoms with Crippen molar-refractivity contribution in [3.05, 3.63) is 0 Å². The number of Topliss-reactive ketones (excluding diaryl/α,β-unsaturated/α-hetero) is 1. The summed E-state index contributed by atoms with van der Waals surface area (Å²) in [6.45, 7) is 1.01. The molecule has 2 amide bonds. The maximum atomic E-state index is 11.9. The molecule has 0 unspecified atom stereocenters. The van der Waals surface area contributed by atoms with E-state index in [2.05, 4.69) is 10.6 Å². The highest BCUT2D eigenvalue weighted by Gasteiger charge is 2.51. The number of ether oxygens (including phenoxy) is 3. The molecule has 2 saturated heterocycles. The third-order valence-electron chi connectivity index (χ3n) is 5.49. The molecule has 190 valence electrons. The number of halogens is 1. The minimum atomic E-state index is -1.60. The molecule has 2 aliphatic heterocycles. The summed E-state index contributed by atoms with van der Waals surface area (Å²) >= 11 is 5.55. The average molecular weight is 499 g/mol. The number of hydrogen-bond donors (Lipinski definition) is 7. The second kappa shape index (κ2) is 12.3. The maximum Gasteiger partial charge on any atom is 0.217 e. The van der Waals surface area contributed by atoms with Crippen LogP contribution in [0.25, 0.3) is 0 Å². The van der Waals surface area contributed by atoms with Gasteiger partial charge in [0.1, 0.15) is 48.4 Å². The van der Waals surface area contributed by atoms with Crippen molar-refractivity contribution in [2.45, 2.75) is 81.4 Å². The summed E-state index contributed by atoms with van der Waals surface area (Å²) in [7, 11) is 0. The lowest BCUT2D eigenvalue weighted by molar-refractivity contribution is -0.314. The Bertz CT molecular complexity index is 699. The first-order valence-electron chi connectivity index (χ1n) is 10.4. The molecule has 14 heteroatoms. The molecule has 2 rings (SSSR count). The van der Waals surface area contributed by atoms with Gasteiger partial charge in [0.05, 0.1) is 31.2 Å². The Hall–Kier alpha value is -1.42. The van der Waals surface area contributed by atoms with Gasteiger partial charge in [0.2, 0.25) is 11.8 Å². The van der Waals surface area contributed by atoms with Crippen LogP contribution in [0.15, 0.2) is 0 Å². The summed E-state index contributed by atoms with van der Waals surface area (Å²) in [4.78, 5) is 35.2. The highest BCUT2D eigenvalue weighted by molar-refractivity contribution is 6.27. The van der Waals surface area contributed by atoms with E-state index in [0.717, 1.165) is 6.92 Å². The van der Waals surface area contributed by atoms with Crippen LogP contribution >= 0.6 is 11.6 Å². The Morgan fingerprint density at radius 3 is 1.94 bits per heavy atom. The number of nitrogens with one attached hydrogen (secondary N) is 2. The maximum absolute atomic E-state index is 11.9. The normalized spacial score (nSPS) is 39.0. The molecule has 0 radical (unpaired) electrons. The first-order chi connectivity index (χ1) is 15.5. The van der Waals surface area contributed by atoms with E-state index in [1.807, 2.05) is 0 Å². The molecule has 0 spiro atoms. The number of carbonyl (C=O) groups is 3. The van der Waals surface area contributed by atoms with E-state index >= 15 is 0 Å². The van der Waals surface area contributed by atoms with Crippen LogP contribution in [0.5, 0.6) is 0 Å². The van der Waals surface area contributed by atoms with Gasteiger partial charge < -0.3 is 50.4 Å². The SMILES string of the molecule is CC(=O)N[C@@H]1[C@@H](O)[C@H](O[C@@H]2O[C@H](CO)[C@@H](O)[C@H](O)[C@H]2NC(C)=O)[C@@H](CO)O[C@H]1CC(=O)CCl. The van der Waals surface area contributed by atoms with Gasteiger partial charge in [0.25, 0.3) is 0 Å². The zero-order valence-electron chi connectivity index (χ0n) is 18.2. The van der Waals surface area contributed by atoms with Crippen LogP contribution in [0.4, 0.5) is 0 Å². The van der Waals surface area contributed by atoms with Crippen molar-refractivity contribution < 1.29 is 54.1 Å². The molecule has 2 aliphatic rings. The van der Waals surface area contributed by atoms with E-state index in [-0.39, 0.29) is 12.3 Å². The highest BCUT2D eigenvalue weighted by Crippen LogP contribution is 2.30. The van der Waals surface area contributed by atoms with E-state index in [1.165, 1.54) is 6.92 Å². The molecule has 33 heavy (non-hydrogen) atoms. The fraction of sp³-hybridized carbons (Fsp3) is 0.842. The summed E-state index contributed by atoms with van der Waals surface area (Å²) in [5, 5.41) is 55.7. The zero-order valence-corrected chi connectivity index (χ0v) is 18.9. The molecule has 0 aromatic carbocycles. The van der Waals surface area contributed by atoms with Crippen molar-refractivity contribution >= 4 is 29.2 Å². The van der Waals surface area contributed by atoms with Crippen LogP contribution in [0.1, 0.15) is 20.3 Å². The molecule has 0 aromatic rings. The van der Waals surface area contributed by atoms with Gasteiger partial charge in [0.15, 0.2) is 6.29 Å².